The van der Waals surface area contributed by atoms with Gasteiger partial charge in [0.05, 0.1) is 0 Å². The number of nitrogens with one attached hydrogen (secondary N) is 1. The van der Waals surface area contributed by atoms with Gasteiger partial charge in [0.2, 0.25) is 11.8 Å². The van der Waals surface area contributed by atoms with Gasteiger partial charge >= 0.3 is 6.61 Å². The molecule has 0 fully saturated rings. The molecule has 0 aliphatic rings. The van der Waals surface area contributed by atoms with E-state index in [4.69, 9.17) is 4.74 Å². The number of hydrogen-bond acceptors (Lipinski definition) is 4. The molecule has 3 rings (SSSR count). The summed E-state index contributed by atoms with van der Waals surface area (Å²) in [5, 5.41) is 2.86. The number of rotatable bonds is 10. The van der Waals surface area contributed by atoms with Gasteiger partial charge in [-0.15, -0.1) is 0 Å². The van der Waals surface area contributed by atoms with Crippen LogP contribution in [-0.2, 0) is 24.4 Å². The third-order valence-electron chi connectivity index (χ3n) is 4.33. The topological polar surface area (TPSA) is 60.5 Å². The second kappa shape index (κ2) is 10.9. The summed E-state index contributed by atoms with van der Waals surface area (Å²) < 4.78 is 34.5. The lowest BCUT2D eigenvalue weighted by atomic mass is 10.1. The number of ether oxygens (including phenoxy) is 2. The van der Waals surface area contributed by atoms with E-state index in [0.29, 0.717) is 25.5 Å². The third kappa shape index (κ3) is 6.84. The fourth-order valence-corrected chi connectivity index (χ4v) is 2.79. The maximum atomic E-state index is 12.2. The SMILES string of the molecule is O=C(CCc1ccc(OC(F)F)cc1)NCc1cccnc1OCc1ccccc1. The maximum Gasteiger partial charge on any atom is 0.387 e. The van der Waals surface area contributed by atoms with E-state index in [9.17, 15) is 13.6 Å². The van der Waals surface area contributed by atoms with Gasteiger partial charge in [-0.2, -0.15) is 8.78 Å². The Kier molecular flexibility index (Phi) is 7.71. The van der Waals surface area contributed by atoms with Gasteiger partial charge in [-0.3, -0.25) is 4.79 Å². The lowest BCUT2D eigenvalue weighted by molar-refractivity contribution is -0.121. The van der Waals surface area contributed by atoms with Gasteiger partial charge in [0.1, 0.15) is 12.4 Å². The molecule has 5 nitrogen and oxygen atoms in total. The molecule has 0 aliphatic heterocycles. The van der Waals surface area contributed by atoms with E-state index in [1.165, 1.54) is 12.1 Å². The van der Waals surface area contributed by atoms with Gasteiger partial charge < -0.3 is 14.8 Å². The fraction of sp³-hybridized carbons (Fsp3) is 0.217. The van der Waals surface area contributed by atoms with Crippen molar-refractivity contribution in [3.8, 4) is 11.6 Å². The minimum absolute atomic E-state index is 0.0952. The first-order chi connectivity index (χ1) is 14.6. The lowest BCUT2D eigenvalue weighted by Gasteiger charge is -2.11. The predicted octanol–water partition coefficient (Wildman–Crippen LogP) is 4.51. The number of aryl methyl sites for hydroxylation is 1. The first kappa shape index (κ1) is 21.2. The van der Waals surface area contributed by atoms with E-state index in [1.54, 1.807) is 24.4 Å². The Morgan fingerprint density at radius 1 is 0.967 bits per heavy atom. The van der Waals surface area contributed by atoms with Crippen LogP contribution in [0.2, 0.25) is 0 Å². The normalized spacial score (nSPS) is 10.6. The number of carbonyl (C=O) groups is 1. The minimum atomic E-state index is -2.85. The standard InChI is InChI=1S/C23H22F2N2O3/c24-23(25)30-20-11-8-17(9-12-20)10-13-21(28)27-15-19-7-4-14-26-22(19)29-16-18-5-2-1-3-6-18/h1-9,11-12,14,23H,10,13,15-16H2,(H,27,28). The van der Waals surface area contributed by atoms with Crippen LogP contribution in [0.25, 0.3) is 0 Å². The van der Waals surface area contributed by atoms with Crippen molar-refractivity contribution in [3.05, 3.63) is 89.6 Å². The van der Waals surface area contributed by atoms with Crippen molar-refractivity contribution < 1.29 is 23.0 Å². The molecule has 0 bridgehead atoms. The van der Waals surface area contributed by atoms with Gasteiger partial charge in [0.25, 0.3) is 0 Å². The number of alkyl halides is 2. The van der Waals surface area contributed by atoms with Crippen LogP contribution in [0.5, 0.6) is 11.6 Å². The number of aromatic nitrogens is 1. The summed E-state index contributed by atoms with van der Waals surface area (Å²) in [6.45, 7) is -2.15. The number of hydrogen-bond donors (Lipinski definition) is 1. The molecule has 3 aromatic rings. The molecule has 0 radical (unpaired) electrons. The van der Waals surface area contributed by atoms with Crippen LogP contribution < -0.4 is 14.8 Å². The van der Waals surface area contributed by atoms with E-state index in [0.717, 1.165) is 16.7 Å². The third-order valence-corrected chi connectivity index (χ3v) is 4.33. The summed E-state index contributed by atoms with van der Waals surface area (Å²) in [5.74, 6) is 0.454. The van der Waals surface area contributed by atoms with Gasteiger partial charge in [-0.1, -0.05) is 48.5 Å². The van der Waals surface area contributed by atoms with E-state index in [-0.39, 0.29) is 18.1 Å². The van der Waals surface area contributed by atoms with Gasteiger partial charge in [-0.05, 0) is 35.7 Å². The van der Waals surface area contributed by atoms with Crippen LogP contribution in [0.15, 0.2) is 72.9 Å². The average Bonchev–Trinajstić information content (AvgIpc) is 2.76. The first-order valence-corrected chi connectivity index (χ1v) is 9.51. The Labute approximate surface area is 173 Å². The zero-order valence-corrected chi connectivity index (χ0v) is 16.3. The summed E-state index contributed by atoms with van der Waals surface area (Å²) in [4.78, 5) is 16.5. The molecule has 1 amide bonds. The van der Waals surface area contributed by atoms with Crippen molar-refractivity contribution in [1.29, 1.82) is 0 Å². The van der Waals surface area contributed by atoms with Crippen LogP contribution in [0.3, 0.4) is 0 Å². The zero-order valence-electron chi connectivity index (χ0n) is 16.3. The largest absolute Gasteiger partial charge is 0.473 e. The average molecular weight is 412 g/mol. The number of pyridine rings is 1. The first-order valence-electron chi connectivity index (χ1n) is 9.51. The Bertz CT molecular complexity index is 935. The van der Waals surface area contributed by atoms with Crippen molar-refractivity contribution in [3.63, 3.8) is 0 Å². The van der Waals surface area contributed by atoms with Gasteiger partial charge in [0, 0.05) is 24.7 Å². The highest BCUT2D eigenvalue weighted by Gasteiger charge is 2.09. The summed E-state index contributed by atoms with van der Waals surface area (Å²) in [5.41, 5.74) is 2.68. The van der Waals surface area contributed by atoms with Crippen LogP contribution in [0.1, 0.15) is 23.1 Å². The summed E-state index contributed by atoms with van der Waals surface area (Å²) in [6, 6.07) is 19.7. The number of nitrogens with zero attached hydrogens (tertiary/aromatic N) is 1. The summed E-state index contributed by atoms with van der Waals surface area (Å²) >= 11 is 0. The number of halogens is 2. The number of amides is 1. The van der Waals surface area contributed by atoms with E-state index >= 15 is 0 Å². The number of benzene rings is 2. The molecule has 7 heteroatoms. The van der Waals surface area contributed by atoms with E-state index in [1.807, 2.05) is 36.4 Å². The van der Waals surface area contributed by atoms with E-state index < -0.39 is 6.61 Å². The Morgan fingerprint density at radius 3 is 2.47 bits per heavy atom. The van der Waals surface area contributed by atoms with Gasteiger partial charge in [0.15, 0.2) is 0 Å². The maximum absolute atomic E-state index is 12.2. The fourth-order valence-electron chi connectivity index (χ4n) is 2.79. The second-order valence-corrected chi connectivity index (χ2v) is 6.54. The van der Waals surface area contributed by atoms with Gasteiger partial charge in [-0.25, -0.2) is 4.98 Å². The molecule has 0 saturated heterocycles. The molecule has 0 saturated carbocycles. The summed E-state index contributed by atoms with van der Waals surface area (Å²) in [7, 11) is 0. The molecule has 0 atom stereocenters. The summed E-state index contributed by atoms with van der Waals surface area (Å²) in [6.07, 6.45) is 2.41. The Balaban J connectivity index is 1.46. The predicted molar refractivity (Wildman–Crippen MR) is 108 cm³/mol. The van der Waals surface area contributed by atoms with Crippen molar-refractivity contribution in [2.45, 2.75) is 32.6 Å². The van der Waals surface area contributed by atoms with Crippen molar-refractivity contribution >= 4 is 5.91 Å². The molecular weight excluding hydrogens is 390 g/mol. The molecule has 1 N–H and O–H groups in total. The molecule has 2 aromatic carbocycles. The van der Waals surface area contributed by atoms with Crippen LogP contribution in [-0.4, -0.2) is 17.5 Å². The zero-order chi connectivity index (χ0) is 21.2. The second-order valence-electron chi connectivity index (χ2n) is 6.54. The molecule has 156 valence electrons. The van der Waals surface area contributed by atoms with Crippen LogP contribution in [0, 0.1) is 0 Å². The smallest absolute Gasteiger partial charge is 0.387 e. The Hall–Kier alpha value is -3.48. The monoisotopic (exact) mass is 412 g/mol. The van der Waals surface area contributed by atoms with Crippen molar-refractivity contribution in [2.75, 3.05) is 0 Å². The highest BCUT2D eigenvalue weighted by molar-refractivity contribution is 5.76. The highest BCUT2D eigenvalue weighted by atomic mass is 19.3. The molecule has 1 aromatic heterocycles. The van der Waals surface area contributed by atoms with Crippen molar-refractivity contribution in [2.24, 2.45) is 0 Å². The van der Waals surface area contributed by atoms with Crippen LogP contribution in [0.4, 0.5) is 8.78 Å². The van der Waals surface area contributed by atoms with Crippen molar-refractivity contribution in [1.82, 2.24) is 10.3 Å². The Morgan fingerprint density at radius 2 is 1.73 bits per heavy atom. The van der Waals surface area contributed by atoms with Crippen LogP contribution >= 0.6 is 0 Å². The highest BCUT2D eigenvalue weighted by Crippen LogP contribution is 2.17. The quantitative estimate of drug-likeness (QED) is 0.532. The minimum Gasteiger partial charge on any atom is -0.473 e. The van der Waals surface area contributed by atoms with E-state index in [2.05, 4.69) is 15.0 Å². The molecule has 30 heavy (non-hydrogen) atoms. The molecular formula is C23H22F2N2O3. The molecule has 0 unspecified atom stereocenters. The molecule has 0 spiro atoms. The lowest BCUT2D eigenvalue weighted by Crippen LogP contribution is -2.23. The molecule has 1 heterocycles. The molecule has 0 aliphatic carbocycles. The number of carbonyl (C=O) groups excluding carboxylic acids is 1.